The molecule has 0 saturated heterocycles. The zero-order valence-corrected chi connectivity index (χ0v) is 9.83. The van der Waals surface area contributed by atoms with E-state index in [0.29, 0.717) is 23.2 Å². The summed E-state index contributed by atoms with van der Waals surface area (Å²) in [5.74, 6) is 1.11. The fraction of sp³-hybridized carbons (Fsp3) is 0.545. The number of anilines is 1. The summed E-state index contributed by atoms with van der Waals surface area (Å²) < 4.78 is 0. The Balaban J connectivity index is 2.69. The second kappa shape index (κ2) is 5.93. The highest BCUT2D eigenvalue weighted by Crippen LogP contribution is 2.20. The van der Waals surface area contributed by atoms with Crippen LogP contribution in [0.3, 0.4) is 0 Å². The summed E-state index contributed by atoms with van der Waals surface area (Å²) in [6, 6.07) is 3.79. The molecule has 0 amide bonds. The lowest BCUT2D eigenvalue weighted by molar-refractivity contribution is 0.267. The number of aliphatic hydroxyl groups excluding tert-OH is 1. The number of hydrogen-bond acceptors (Lipinski definition) is 3. The quantitative estimate of drug-likeness (QED) is 0.814. The minimum atomic E-state index is 0.167. The Bertz CT molecular complexity index is 304. The van der Waals surface area contributed by atoms with E-state index in [-0.39, 0.29) is 12.6 Å². The van der Waals surface area contributed by atoms with Gasteiger partial charge in [-0.1, -0.05) is 25.4 Å². The van der Waals surface area contributed by atoms with Gasteiger partial charge in [0.2, 0.25) is 0 Å². The number of halogens is 1. The van der Waals surface area contributed by atoms with Crippen LogP contribution in [-0.4, -0.2) is 22.7 Å². The summed E-state index contributed by atoms with van der Waals surface area (Å²) in [5.41, 5.74) is 0. The van der Waals surface area contributed by atoms with Gasteiger partial charge >= 0.3 is 0 Å². The highest BCUT2D eigenvalue weighted by atomic mass is 35.5. The number of nitrogens with zero attached hydrogens (tertiary/aromatic N) is 1. The normalized spacial score (nSPS) is 12.9. The van der Waals surface area contributed by atoms with Gasteiger partial charge in [-0.2, -0.15) is 0 Å². The van der Waals surface area contributed by atoms with Crippen molar-refractivity contribution in [2.45, 2.75) is 26.3 Å². The zero-order chi connectivity index (χ0) is 11.3. The molecule has 1 aromatic heterocycles. The topological polar surface area (TPSA) is 45.1 Å². The molecule has 1 atom stereocenters. The maximum absolute atomic E-state index is 8.94. The van der Waals surface area contributed by atoms with E-state index in [2.05, 4.69) is 24.1 Å². The van der Waals surface area contributed by atoms with E-state index in [0.717, 1.165) is 0 Å². The van der Waals surface area contributed by atoms with Crippen molar-refractivity contribution in [2.75, 3.05) is 11.9 Å². The smallest absolute Gasteiger partial charge is 0.144 e. The first-order chi connectivity index (χ1) is 7.15. The molecule has 0 aliphatic rings. The maximum Gasteiger partial charge on any atom is 0.144 e. The summed E-state index contributed by atoms with van der Waals surface area (Å²) in [6.45, 7) is 4.37. The van der Waals surface area contributed by atoms with Crippen molar-refractivity contribution in [3.63, 3.8) is 0 Å². The lowest BCUT2D eigenvalue weighted by atomic mass is 10.0. The van der Waals surface area contributed by atoms with Gasteiger partial charge < -0.3 is 10.4 Å². The minimum absolute atomic E-state index is 0.167. The molecule has 0 bridgehead atoms. The highest BCUT2D eigenvalue weighted by Gasteiger charge is 2.14. The zero-order valence-electron chi connectivity index (χ0n) is 9.07. The molecular formula is C11H17ClN2O. The largest absolute Gasteiger partial charge is 0.396 e. The lowest BCUT2D eigenvalue weighted by Crippen LogP contribution is -2.27. The standard InChI is InChI=1S/C11H17ClN2O/c1-8(2)10(5-7-15)14-11-9(12)4-3-6-13-11/h3-4,6,8,10,15H,5,7H2,1-2H3,(H,13,14). The summed E-state index contributed by atoms with van der Waals surface area (Å²) in [6.07, 6.45) is 2.40. The van der Waals surface area contributed by atoms with Gasteiger partial charge in [0.05, 0.1) is 5.02 Å². The van der Waals surface area contributed by atoms with E-state index in [4.69, 9.17) is 16.7 Å². The van der Waals surface area contributed by atoms with Crippen molar-refractivity contribution in [1.82, 2.24) is 4.98 Å². The van der Waals surface area contributed by atoms with E-state index >= 15 is 0 Å². The molecule has 15 heavy (non-hydrogen) atoms. The van der Waals surface area contributed by atoms with E-state index in [1.165, 1.54) is 0 Å². The Morgan fingerprint density at radius 2 is 2.27 bits per heavy atom. The van der Waals surface area contributed by atoms with Crippen molar-refractivity contribution in [1.29, 1.82) is 0 Å². The first-order valence-electron chi connectivity index (χ1n) is 5.13. The Hall–Kier alpha value is -0.800. The SMILES string of the molecule is CC(C)C(CCO)Nc1ncccc1Cl. The summed E-state index contributed by atoms with van der Waals surface area (Å²) in [7, 11) is 0. The van der Waals surface area contributed by atoms with Crippen LogP contribution in [0.15, 0.2) is 18.3 Å². The second-order valence-corrected chi connectivity index (χ2v) is 4.25. The number of pyridine rings is 1. The van der Waals surface area contributed by atoms with E-state index in [1.54, 1.807) is 18.3 Å². The third-order valence-corrected chi connectivity index (χ3v) is 2.63. The predicted octanol–water partition coefficient (Wildman–Crippen LogP) is 2.55. The molecule has 0 aromatic carbocycles. The van der Waals surface area contributed by atoms with E-state index in [1.807, 2.05) is 0 Å². The molecule has 0 aliphatic heterocycles. The van der Waals surface area contributed by atoms with Gasteiger partial charge in [-0.25, -0.2) is 4.98 Å². The van der Waals surface area contributed by atoms with Crippen LogP contribution < -0.4 is 5.32 Å². The first-order valence-corrected chi connectivity index (χ1v) is 5.51. The number of nitrogens with one attached hydrogen (secondary N) is 1. The van der Waals surface area contributed by atoms with Gasteiger partial charge in [0.1, 0.15) is 5.82 Å². The fourth-order valence-corrected chi connectivity index (χ4v) is 1.55. The molecule has 0 fully saturated rings. The van der Waals surface area contributed by atoms with Crippen molar-refractivity contribution < 1.29 is 5.11 Å². The third kappa shape index (κ3) is 3.68. The monoisotopic (exact) mass is 228 g/mol. The molecule has 0 aliphatic carbocycles. The molecular weight excluding hydrogens is 212 g/mol. The van der Waals surface area contributed by atoms with Crippen molar-refractivity contribution in [3.8, 4) is 0 Å². The Morgan fingerprint density at radius 3 is 2.80 bits per heavy atom. The molecule has 1 heterocycles. The molecule has 0 saturated carbocycles. The molecule has 1 aromatic rings. The number of aromatic nitrogens is 1. The first kappa shape index (κ1) is 12.3. The van der Waals surface area contributed by atoms with E-state index in [9.17, 15) is 0 Å². The molecule has 84 valence electrons. The number of aliphatic hydroxyl groups is 1. The van der Waals surface area contributed by atoms with Crippen LogP contribution in [0.5, 0.6) is 0 Å². The summed E-state index contributed by atoms with van der Waals surface area (Å²) in [4.78, 5) is 4.16. The van der Waals surface area contributed by atoms with E-state index < -0.39 is 0 Å². The van der Waals surface area contributed by atoms with Gasteiger partial charge in [0.15, 0.2) is 0 Å². The fourth-order valence-electron chi connectivity index (χ4n) is 1.38. The Kier molecular flexibility index (Phi) is 4.85. The van der Waals surface area contributed by atoms with Crippen LogP contribution in [-0.2, 0) is 0 Å². The number of rotatable bonds is 5. The Labute approximate surface area is 95.5 Å². The van der Waals surface area contributed by atoms with Crippen LogP contribution in [0.2, 0.25) is 5.02 Å². The molecule has 0 radical (unpaired) electrons. The van der Waals surface area contributed by atoms with Gasteiger partial charge in [-0.15, -0.1) is 0 Å². The van der Waals surface area contributed by atoms with Crippen LogP contribution in [0, 0.1) is 5.92 Å². The van der Waals surface area contributed by atoms with Crippen LogP contribution in [0.1, 0.15) is 20.3 Å². The van der Waals surface area contributed by atoms with Gasteiger partial charge in [0, 0.05) is 18.8 Å². The number of hydrogen-bond donors (Lipinski definition) is 2. The average Bonchev–Trinajstić information content (AvgIpc) is 2.20. The summed E-state index contributed by atoms with van der Waals surface area (Å²) >= 11 is 5.99. The molecule has 2 N–H and O–H groups in total. The molecule has 4 heteroatoms. The molecule has 1 unspecified atom stereocenters. The van der Waals surface area contributed by atoms with Crippen LogP contribution in [0.25, 0.3) is 0 Å². The van der Waals surface area contributed by atoms with Gasteiger partial charge in [0.25, 0.3) is 0 Å². The van der Waals surface area contributed by atoms with Gasteiger partial charge in [-0.05, 0) is 24.5 Å². The molecule has 0 spiro atoms. The van der Waals surface area contributed by atoms with Crippen molar-refractivity contribution in [2.24, 2.45) is 5.92 Å². The van der Waals surface area contributed by atoms with Crippen molar-refractivity contribution in [3.05, 3.63) is 23.4 Å². The summed E-state index contributed by atoms with van der Waals surface area (Å²) in [5, 5.41) is 12.8. The average molecular weight is 229 g/mol. The third-order valence-electron chi connectivity index (χ3n) is 2.33. The molecule has 3 nitrogen and oxygen atoms in total. The van der Waals surface area contributed by atoms with Gasteiger partial charge in [-0.3, -0.25) is 0 Å². The van der Waals surface area contributed by atoms with Crippen LogP contribution >= 0.6 is 11.6 Å². The molecule has 1 rings (SSSR count). The highest BCUT2D eigenvalue weighted by molar-refractivity contribution is 6.32. The minimum Gasteiger partial charge on any atom is -0.396 e. The second-order valence-electron chi connectivity index (χ2n) is 3.84. The van der Waals surface area contributed by atoms with Crippen LogP contribution in [0.4, 0.5) is 5.82 Å². The van der Waals surface area contributed by atoms with Crippen molar-refractivity contribution >= 4 is 17.4 Å². The predicted molar refractivity (Wildman–Crippen MR) is 63.2 cm³/mol. The lowest BCUT2D eigenvalue weighted by Gasteiger charge is -2.22. The maximum atomic E-state index is 8.94. The Morgan fingerprint density at radius 1 is 1.53 bits per heavy atom.